The number of aliphatic hydroxyl groups is 1. The largest absolute Gasteiger partial charge is 0.396 e. The lowest BCUT2D eigenvalue weighted by molar-refractivity contribution is 0.225. The Morgan fingerprint density at radius 1 is 1.27 bits per heavy atom. The van der Waals surface area contributed by atoms with E-state index in [4.69, 9.17) is 5.11 Å². The molecule has 1 atom stereocenters. The number of anilines is 1. The van der Waals surface area contributed by atoms with Crippen LogP contribution in [0.5, 0.6) is 0 Å². The zero-order chi connectivity index (χ0) is 11.3. The van der Waals surface area contributed by atoms with E-state index in [-0.39, 0.29) is 6.61 Å². The molecule has 1 N–H and O–H groups in total. The zero-order valence-corrected chi connectivity index (χ0v) is 9.90. The lowest BCUT2D eigenvalue weighted by Crippen LogP contribution is -2.26. The first kappa shape index (κ1) is 12.1. The summed E-state index contributed by atoms with van der Waals surface area (Å²) in [5.74, 6) is 0.372. The first-order valence-electron chi connectivity index (χ1n) is 5.56. The van der Waals surface area contributed by atoms with Crippen molar-refractivity contribution in [3.63, 3.8) is 0 Å². The van der Waals surface area contributed by atoms with Gasteiger partial charge in [-0.1, -0.05) is 24.6 Å². The van der Waals surface area contributed by atoms with Gasteiger partial charge < -0.3 is 10.0 Å². The molecule has 0 spiro atoms. The maximum atomic E-state index is 9.14. The molecule has 0 aliphatic carbocycles. The van der Waals surface area contributed by atoms with E-state index in [9.17, 15) is 0 Å². The van der Waals surface area contributed by atoms with Gasteiger partial charge in [0.25, 0.3) is 0 Å². The molecular formula is C13H21NO. The summed E-state index contributed by atoms with van der Waals surface area (Å²) in [7, 11) is 2.07. The molecule has 1 rings (SSSR count). The van der Waals surface area contributed by atoms with E-state index >= 15 is 0 Å². The summed E-state index contributed by atoms with van der Waals surface area (Å²) in [5.41, 5.74) is 2.49. The van der Waals surface area contributed by atoms with Crippen molar-refractivity contribution in [3.05, 3.63) is 29.8 Å². The minimum Gasteiger partial charge on any atom is -0.396 e. The Labute approximate surface area is 92.5 Å². The summed E-state index contributed by atoms with van der Waals surface area (Å²) < 4.78 is 0. The highest BCUT2D eigenvalue weighted by Crippen LogP contribution is 2.15. The quantitative estimate of drug-likeness (QED) is 0.801. The monoisotopic (exact) mass is 207 g/mol. The molecular weight excluding hydrogens is 186 g/mol. The van der Waals surface area contributed by atoms with Crippen LogP contribution < -0.4 is 4.90 Å². The fourth-order valence-electron chi connectivity index (χ4n) is 1.61. The standard InChI is InChI=1S/C13H21NO/c1-4-12(10-15)9-14(3)13-7-5-11(2)6-8-13/h5-8,12,15H,4,9-10H2,1-3H3. The van der Waals surface area contributed by atoms with Gasteiger partial charge in [-0.2, -0.15) is 0 Å². The summed E-state index contributed by atoms with van der Waals surface area (Å²) in [6.45, 7) is 5.39. The third-order valence-electron chi connectivity index (χ3n) is 2.84. The summed E-state index contributed by atoms with van der Waals surface area (Å²) in [4.78, 5) is 2.20. The third-order valence-corrected chi connectivity index (χ3v) is 2.84. The van der Waals surface area contributed by atoms with Crippen molar-refractivity contribution < 1.29 is 5.11 Å². The second kappa shape index (κ2) is 5.76. The Kier molecular flexibility index (Phi) is 4.63. The predicted molar refractivity (Wildman–Crippen MR) is 65.3 cm³/mol. The molecule has 0 amide bonds. The summed E-state index contributed by atoms with van der Waals surface area (Å²) in [5, 5.41) is 9.14. The molecule has 0 radical (unpaired) electrons. The second-order valence-electron chi connectivity index (χ2n) is 4.17. The second-order valence-corrected chi connectivity index (χ2v) is 4.17. The van der Waals surface area contributed by atoms with Crippen LogP contribution in [0.2, 0.25) is 0 Å². The molecule has 2 heteroatoms. The summed E-state index contributed by atoms with van der Waals surface area (Å²) >= 11 is 0. The van der Waals surface area contributed by atoms with Gasteiger partial charge in [-0.05, 0) is 31.4 Å². The minimum atomic E-state index is 0.271. The Balaban J connectivity index is 2.60. The lowest BCUT2D eigenvalue weighted by Gasteiger charge is -2.24. The highest BCUT2D eigenvalue weighted by molar-refractivity contribution is 5.46. The average molecular weight is 207 g/mol. The van der Waals surface area contributed by atoms with Gasteiger partial charge in [-0.25, -0.2) is 0 Å². The van der Waals surface area contributed by atoms with Crippen molar-refractivity contribution in [1.82, 2.24) is 0 Å². The number of aliphatic hydroxyl groups excluding tert-OH is 1. The Morgan fingerprint density at radius 2 is 1.87 bits per heavy atom. The maximum absolute atomic E-state index is 9.14. The van der Waals surface area contributed by atoms with Gasteiger partial charge in [-0.15, -0.1) is 0 Å². The zero-order valence-electron chi connectivity index (χ0n) is 9.90. The Hall–Kier alpha value is -1.02. The Morgan fingerprint density at radius 3 is 2.33 bits per heavy atom. The van der Waals surface area contributed by atoms with Crippen LogP contribution in [0.3, 0.4) is 0 Å². The molecule has 0 fully saturated rings. The molecule has 0 aliphatic rings. The number of rotatable bonds is 5. The van der Waals surface area contributed by atoms with E-state index in [1.165, 1.54) is 11.3 Å². The van der Waals surface area contributed by atoms with Crippen LogP contribution in [0, 0.1) is 12.8 Å². The van der Waals surface area contributed by atoms with E-state index in [0.29, 0.717) is 5.92 Å². The van der Waals surface area contributed by atoms with Crippen LogP contribution in [-0.4, -0.2) is 25.3 Å². The SMILES string of the molecule is CCC(CO)CN(C)c1ccc(C)cc1. The number of hydrogen-bond acceptors (Lipinski definition) is 2. The van der Waals surface area contributed by atoms with Gasteiger partial charge in [0.05, 0.1) is 0 Å². The molecule has 2 nitrogen and oxygen atoms in total. The number of benzene rings is 1. The van der Waals surface area contributed by atoms with Crippen LogP contribution in [0.4, 0.5) is 5.69 Å². The van der Waals surface area contributed by atoms with Gasteiger partial charge in [-0.3, -0.25) is 0 Å². The van der Waals surface area contributed by atoms with Crippen molar-refractivity contribution in [2.45, 2.75) is 20.3 Å². The minimum absolute atomic E-state index is 0.271. The first-order chi connectivity index (χ1) is 7.17. The van der Waals surface area contributed by atoms with Crippen LogP contribution in [0.25, 0.3) is 0 Å². The molecule has 0 bridgehead atoms. The van der Waals surface area contributed by atoms with E-state index < -0.39 is 0 Å². The van der Waals surface area contributed by atoms with Gasteiger partial charge in [0, 0.05) is 25.9 Å². The number of hydrogen-bond donors (Lipinski definition) is 1. The molecule has 84 valence electrons. The van der Waals surface area contributed by atoms with Crippen LogP contribution in [0.1, 0.15) is 18.9 Å². The average Bonchev–Trinajstić information content (AvgIpc) is 2.26. The van der Waals surface area contributed by atoms with E-state index in [1.807, 2.05) is 0 Å². The van der Waals surface area contributed by atoms with E-state index in [1.54, 1.807) is 0 Å². The predicted octanol–water partition coefficient (Wildman–Crippen LogP) is 2.45. The fraction of sp³-hybridized carbons (Fsp3) is 0.538. The summed E-state index contributed by atoms with van der Waals surface area (Å²) in [6, 6.07) is 8.48. The van der Waals surface area contributed by atoms with Crippen molar-refractivity contribution in [2.24, 2.45) is 5.92 Å². The van der Waals surface area contributed by atoms with Gasteiger partial charge in [0.1, 0.15) is 0 Å². The molecule has 15 heavy (non-hydrogen) atoms. The van der Waals surface area contributed by atoms with Crippen molar-refractivity contribution in [3.8, 4) is 0 Å². The van der Waals surface area contributed by atoms with Crippen LogP contribution in [0.15, 0.2) is 24.3 Å². The Bertz CT molecular complexity index is 277. The fourth-order valence-corrected chi connectivity index (χ4v) is 1.61. The normalized spacial score (nSPS) is 12.5. The van der Waals surface area contributed by atoms with Gasteiger partial charge in [0.2, 0.25) is 0 Å². The van der Waals surface area contributed by atoms with Gasteiger partial charge >= 0.3 is 0 Å². The van der Waals surface area contributed by atoms with Gasteiger partial charge in [0.15, 0.2) is 0 Å². The summed E-state index contributed by atoms with van der Waals surface area (Å²) in [6.07, 6.45) is 1.02. The highest BCUT2D eigenvalue weighted by Gasteiger charge is 2.08. The molecule has 0 aromatic heterocycles. The maximum Gasteiger partial charge on any atom is 0.0476 e. The molecule has 0 saturated carbocycles. The lowest BCUT2D eigenvalue weighted by atomic mass is 10.1. The van der Waals surface area contributed by atoms with Crippen LogP contribution >= 0.6 is 0 Å². The van der Waals surface area contributed by atoms with Crippen molar-refractivity contribution in [1.29, 1.82) is 0 Å². The molecule has 0 aliphatic heterocycles. The third kappa shape index (κ3) is 3.56. The molecule has 0 heterocycles. The van der Waals surface area contributed by atoms with E-state index in [0.717, 1.165) is 13.0 Å². The van der Waals surface area contributed by atoms with E-state index in [2.05, 4.69) is 50.1 Å². The van der Waals surface area contributed by atoms with Crippen LogP contribution in [-0.2, 0) is 0 Å². The van der Waals surface area contributed by atoms with Crippen molar-refractivity contribution in [2.75, 3.05) is 25.1 Å². The van der Waals surface area contributed by atoms with Crippen molar-refractivity contribution >= 4 is 5.69 Å². The number of nitrogens with zero attached hydrogens (tertiary/aromatic N) is 1. The molecule has 1 aromatic carbocycles. The number of aryl methyl sites for hydroxylation is 1. The topological polar surface area (TPSA) is 23.5 Å². The molecule has 0 saturated heterocycles. The molecule has 1 aromatic rings. The first-order valence-corrected chi connectivity index (χ1v) is 5.56. The highest BCUT2D eigenvalue weighted by atomic mass is 16.3. The smallest absolute Gasteiger partial charge is 0.0476 e. The molecule has 1 unspecified atom stereocenters.